The molecule has 1 aliphatic heterocycles. The Morgan fingerprint density at radius 1 is 1.41 bits per heavy atom. The number of likely N-dealkylation sites (tertiary alicyclic amines) is 1. The Hall–Kier alpha value is -2.81. The Kier molecular flexibility index (Phi) is 4.85. The molecule has 0 N–H and O–H groups in total. The molecule has 9 heteroatoms. The zero-order valence-corrected chi connectivity index (χ0v) is 15.5. The van der Waals surface area contributed by atoms with Crippen LogP contribution in [-0.4, -0.2) is 50.7 Å². The van der Waals surface area contributed by atoms with Gasteiger partial charge in [0.15, 0.2) is 11.6 Å². The monoisotopic (exact) mass is 387 g/mol. The van der Waals surface area contributed by atoms with E-state index in [-0.39, 0.29) is 17.7 Å². The Labute approximate surface area is 159 Å². The summed E-state index contributed by atoms with van der Waals surface area (Å²) in [4.78, 5) is 17.1. The van der Waals surface area contributed by atoms with E-state index in [0.29, 0.717) is 24.5 Å². The van der Waals surface area contributed by atoms with Gasteiger partial charge < -0.3 is 9.64 Å². The molecule has 1 amide bonds. The summed E-state index contributed by atoms with van der Waals surface area (Å²) in [6.07, 6.45) is 1.74. The zero-order chi connectivity index (χ0) is 18.8. The molecule has 1 saturated heterocycles. The highest BCUT2D eigenvalue weighted by atomic mass is 32.1. The number of rotatable bonds is 5. The number of benzene rings is 1. The predicted octanol–water partition coefficient (Wildman–Crippen LogP) is 2.85. The van der Waals surface area contributed by atoms with Crippen molar-refractivity contribution in [1.29, 1.82) is 0 Å². The molecule has 3 aromatic rings. The summed E-state index contributed by atoms with van der Waals surface area (Å²) in [5.41, 5.74) is 0.311. The fraction of sp³-hybridized carbons (Fsp3) is 0.333. The topological polar surface area (TPSA) is 73.1 Å². The Morgan fingerprint density at radius 2 is 2.30 bits per heavy atom. The van der Waals surface area contributed by atoms with Gasteiger partial charge in [-0.15, -0.1) is 21.5 Å². The van der Waals surface area contributed by atoms with Crippen LogP contribution in [0.25, 0.3) is 10.7 Å². The van der Waals surface area contributed by atoms with Gasteiger partial charge in [0.05, 0.1) is 24.6 Å². The number of aromatic nitrogens is 4. The number of amides is 1. The van der Waals surface area contributed by atoms with Crippen LogP contribution < -0.4 is 4.74 Å². The van der Waals surface area contributed by atoms with Crippen molar-refractivity contribution in [3.63, 3.8) is 0 Å². The lowest BCUT2D eigenvalue weighted by atomic mass is 10.1. The highest BCUT2D eigenvalue weighted by molar-refractivity contribution is 7.13. The maximum Gasteiger partial charge on any atom is 0.254 e. The second kappa shape index (κ2) is 7.43. The molecule has 0 spiro atoms. The summed E-state index contributed by atoms with van der Waals surface area (Å²) in [6, 6.07) is 8.11. The van der Waals surface area contributed by atoms with Crippen LogP contribution in [0.4, 0.5) is 4.39 Å². The number of hydrogen-bond acceptors (Lipinski definition) is 6. The number of halogens is 1. The van der Waals surface area contributed by atoms with Crippen LogP contribution in [0, 0.1) is 5.82 Å². The van der Waals surface area contributed by atoms with E-state index in [2.05, 4.69) is 15.4 Å². The van der Waals surface area contributed by atoms with E-state index in [1.165, 1.54) is 24.0 Å². The van der Waals surface area contributed by atoms with Crippen LogP contribution in [0.5, 0.6) is 5.75 Å². The van der Waals surface area contributed by atoms with Gasteiger partial charge in [0, 0.05) is 12.1 Å². The van der Waals surface area contributed by atoms with Gasteiger partial charge in [-0.1, -0.05) is 6.07 Å². The summed E-state index contributed by atoms with van der Waals surface area (Å²) in [5, 5.41) is 14.6. The average Bonchev–Trinajstić information content (AvgIpc) is 3.43. The molecule has 27 heavy (non-hydrogen) atoms. The van der Waals surface area contributed by atoms with Crippen molar-refractivity contribution in [3.8, 4) is 16.5 Å². The summed E-state index contributed by atoms with van der Waals surface area (Å²) in [7, 11) is 1.39. The molecule has 3 heterocycles. The maximum atomic E-state index is 14.0. The van der Waals surface area contributed by atoms with Crippen molar-refractivity contribution >= 4 is 17.2 Å². The third-order valence-electron chi connectivity index (χ3n) is 4.61. The van der Waals surface area contributed by atoms with Crippen molar-refractivity contribution in [2.24, 2.45) is 0 Å². The highest BCUT2D eigenvalue weighted by Crippen LogP contribution is 2.24. The summed E-state index contributed by atoms with van der Waals surface area (Å²) in [6.45, 7) is 1.09. The van der Waals surface area contributed by atoms with Gasteiger partial charge in [0.2, 0.25) is 5.82 Å². The molecule has 0 radical (unpaired) electrons. The van der Waals surface area contributed by atoms with E-state index in [0.717, 1.165) is 17.7 Å². The quantitative estimate of drug-likeness (QED) is 0.673. The molecule has 0 saturated carbocycles. The number of carbonyl (C=O) groups excluding carboxylic acids is 1. The second-order valence-corrected chi connectivity index (χ2v) is 7.24. The number of carbonyl (C=O) groups is 1. The van der Waals surface area contributed by atoms with Crippen LogP contribution in [0.1, 0.15) is 23.2 Å². The number of hydrogen-bond donors (Lipinski definition) is 0. The molecular weight excluding hydrogens is 369 g/mol. The lowest BCUT2D eigenvalue weighted by Gasteiger charge is -2.24. The van der Waals surface area contributed by atoms with E-state index in [9.17, 15) is 9.18 Å². The number of thiophene rings is 1. The lowest BCUT2D eigenvalue weighted by Crippen LogP contribution is -2.38. The second-order valence-electron chi connectivity index (χ2n) is 6.29. The van der Waals surface area contributed by atoms with Gasteiger partial charge in [0.1, 0.15) is 0 Å². The van der Waals surface area contributed by atoms with E-state index in [1.807, 2.05) is 17.5 Å². The van der Waals surface area contributed by atoms with Gasteiger partial charge in [-0.3, -0.25) is 4.79 Å². The summed E-state index contributed by atoms with van der Waals surface area (Å²) >= 11 is 1.55. The Morgan fingerprint density at radius 3 is 3.04 bits per heavy atom. The molecule has 4 rings (SSSR count). The number of tetrazole rings is 1. The normalized spacial score (nSPS) is 16.7. The van der Waals surface area contributed by atoms with Crippen molar-refractivity contribution in [2.45, 2.75) is 25.4 Å². The van der Waals surface area contributed by atoms with Crippen LogP contribution in [0.2, 0.25) is 0 Å². The van der Waals surface area contributed by atoms with Gasteiger partial charge in [-0.2, -0.15) is 4.80 Å². The first-order chi connectivity index (χ1) is 13.2. The first-order valence-corrected chi connectivity index (χ1v) is 9.50. The van der Waals surface area contributed by atoms with Crippen molar-refractivity contribution in [3.05, 3.63) is 47.1 Å². The number of nitrogens with zero attached hydrogens (tertiary/aromatic N) is 5. The smallest absolute Gasteiger partial charge is 0.254 e. The van der Waals surface area contributed by atoms with Gasteiger partial charge in [0.25, 0.3) is 5.91 Å². The maximum absolute atomic E-state index is 14.0. The molecular formula is C18H18FN5O2S. The largest absolute Gasteiger partial charge is 0.494 e. The van der Waals surface area contributed by atoms with Crippen molar-refractivity contribution in [2.75, 3.05) is 13.7 Å². The Balaban J connectivity index is 1.49. The van der Waals surface area contributed by atoms with Gasteiger partial charge in [-0.05, 0) is 47.7 Å². The summed E-state index contributed by atoms with van der Waals surface area (Å²) in [5.74, 6) is -0.0363. The zero-order valence-electron chi connectivity index (χ0n) is 14.7. The number of ether oxygens (including phenoxy) is 1. The van der Waals surface area contributed by atoms with E-state index in [1.54, 1.807) is 22.3 Å². The average molecular weight is 387 g/mol. The molecule has 0 unspecified atom stereocenters. The molecule has 0 bridgehead atoms. The molecule has 1 fully saturated rings. The van der Waals surface area contributed by atoms with Crippen molar-refractivity contribution < 1.29 is 13.9 Å². The molecule has 1 aromatic carbocycles. The standard InChI is InChI=1S/C18H18FN5O2S/c1-26-15-7-6-12(10-14(15)19)18(25)23-8-2-4-13(23)11-24-21-17(20-22-24)16-5-3-9-27-16/h3,5-7,9-10,13H,2,4,8,11H2,1H3/t13-/m0/s1. The third-order valence-corrected chi connectivity index (χ3v) is 5.47. The van der Waals surface area contributed by atoms with Gasteiger partial charge in [-0.25, -0.2) is 4.39 Å². The molecule has 1 aliphatic rings. The van der Waals surface area contributed by atoms with E-state index < -0.39 is 5.82 Å². The lowest BCUT2D eigenvalue weighted by molar-refractivity contribution is 0.0717. The Bertz CT molecular complexity index is 943. The summed E-state index contributed by atoms with van der Waals surface area (Å²) < 4.78 is 18.9. The number of methoxy groups -OCH3 is 1. The fourth-order valence-corrected chi connectivity index (χ4v) is 3.92. The molecule has 2 aromatic heterocycles. The van der Waals surface area contributed by atoms with Crippen LogP contribution in [0.15, 0.2) is 35.7 Å². The molecule has 140 valence electrons. The first kappa shape index (κ1) is 17.6. The predicted molar refractivity (Wildman–Crippen MR) is 98.1 cm³/mol. The molecule has 0 aliphatic carbocycles. The van der Waals surface area contributed by atoms with Crippen LogP contribution in [0.3, 0.4) is 0 Å². The highest BCUT2D eigenvalue weighted by Gasteiger charge is 2.30. The molecule has 1 atom stereocenters. The van der Waals surface area contributed by atoms with E-state index in [4.69, 9.17) is 4.74 Å². The van der Waals surface area contributed by atoms with E-state index >= 15 is 0 Å². The fourth-order valence-electron chi connectivity index (χ4n) is 3.27. The SMILES string of the molecule is COc1ccc(C(=O)N2CCC[C@H]2Cn2nnc(-c3cccs3)n2)cc1F. The third kappa shape index (κ3) is 3.55. The minimum absolute atomic E-state index is 0.0481. The first-order valence-electron chi connectivity index (χ1n) is 8.62. The minimum atomic E-state index is -0.544. The van der Waals surface area contributed by atoms with Crippen LogP contribution >= 0.6 is 11.3 Å². The molecule has 7 nitrogen and oxygen atoms in total. The minimum Gasteiger partial charge on any atom is -0.494 e. The van der Waals surface area contributed by atoms with Crippen molar-refractivity contribution in [1.82, 2.24) is 25.1 Å². The van der Waals surface area contributed by atoms with Gasteiger partial charge >= 0.3 is 0 Å². The van der Waals surface area contributed by atoms with Crippen LogP contribution in [-0.2, 0) is 6.54 Å².